The maximum Gasteiger partial charge on any atom is 0.289 e. The lowest BCUT2D eigenvalue weighted by atomic mass is 10.1. The lowest BCUT2D eigenvalue weighted by Crippen LogP contribution is -2.50. The fraction of sp³-hybridized carbons (Fsp3) is 0.300. The van der Waals surface area contributed by atoms with Gasteiger partial charge in [0.2, 0.25) is 0 Å². The van der Waals surface area contributed by atoms with Crippen molar-refractivity contribution in [2.75, 3.05) is 26.2 Å². The van der Waals surface area contributed by atoms with Crippen molar-refractivity contribution in [1.29, 1.82) is 0 Å². The van der Waals surface area contributed by atoms with Gasteiger partial charge in [-0.2, -0.15) is 0 Å². The summed E-state index contributed by atoms with van der Waals surface area (Å²) in [5.41, 5.74) is 3.90. The van der Waals surface area contributed by atoms with E-state index in [1.807, 2.05) is 13.0 Å². The molecule has 0 bridgehead atoms. The summed E-state index contributed by atoms with van der Waals surface area (Å²) in [6.45, 7) is 6.13. The van der Waals surface area contributed by atoms with Crippen LogP contribution in [0, 0.1) is 13.8 Å². The molecule has 6 heteroatoms. The number of nitrogens with one attached hydrogen (secondary N) is 1. The molecule has 4 rings (SSSR count). The summed E-state index contributed by atoms with van der Waals surface area (Å²) >= 11 is 0. The lowest BCUT2D eigenvalue weighted by Gasteiger charge is -2.34. The van der Waals surface area contributed by atoms with Gasteiger partial charge in [-0.05, 0) is 49.2 Å². The maximum atomic E-state index is 12.8. The quantitative estimate of drug-likeness (QED) is 0.772. The van der Waals surface area contributed by atoms with E-state index in [9.17, 15) is 9.59 Å². The van der Waals surface area contributed by atoms with Gasteiger partial charge < -0.3 is 19.2 Å². The van der Waals surface area contributed by atoms with Gasteiger partial charge in [-0.15, -0.1) is 0 Å². The van der Waals surface area contributed by atoms with Crippen molar-refractivity contribution in [3.63, 3.8) is 0 Å². The van der Waals surface area contributed by atoms with E-state index in [-0.39, 0.29) is 11.8 Å². The van der Waals surface area contributed by atoms with Gasteiger partial charge in [-0.25, -0.2) is 0 Å². The minimum Gasteiger partial charge on any atom is -0.459 e. The van der Waals surface area contributed by atoms with Crippen LogP contribution < -0.4 is 0 Å². The van der Waals surface area contributed by atoms with Crippen LogP contribution in [0.4, 0.5) is 0 Å². The number of amides is 2. The number of hydrogen-bond acceptors (Lipinski definition) is 3. The number of aryl methyl sites for hydroxylation is 2. The van der Waals surface area contributed by atoms with E-state index in [0.717, 1.165) is 16.5 Å². The van der Waals surface area contributed by atoms with Gasteiger partial charge in [-0.1, -0.05) is 6.07 Å². The molecule has 2 aromatic heterocycles. The molecule has 6 nitrogen and oxygen atoms in total. The first-order valence-electron chi connectivity index (χ1n) is 8.75. The number of H-pyrrole nitrogens is 1. The second-order valence-electron chi connectivity index (χ2n) is 6.79. The third kappa shape index (κ3) is 2.87. The number of aromatic amines is 1. The molecule has 1 fully saturated rings. The molecule has 0 radical (unpaired) electrons. The van der Waals surface area contributed by atoms with E-state index in [0.29, 0.717) is 37.6 Å². The molecule has 1 aromatic carbocycles. The third-order valence-electron chi connectivity index (χ3n) is 4.91. The molecule has 0 spiro atoms. The second kappa shape index (κ2) is 6.37. The summed E-state index contributed by atoms with van der Waals surface area (Å²) in [6, 6.07) is 9.45. The number of benzene rings is 1. The molecule has 1 saturated heterocycles. The first-order valence-corrected chi connectivity index (χ1v) is 8.75. The van der Waals surface area contributed by atoms with Crippen LogP contribution in [0.5, 0.6) is 0 Å². The Morgan fingerprint density at radius 1 is 1.00 bits per heavy atom. The molecule has 0 aliphatic carbocycles. The highest BCUT2D eigenvalue weighted by molar-refractivity contribution is 5.99. The Morgan fingerprint density at radius 2 is 1.69 bits per heavy atom. The van der Waals surface area contributed by atoms with Crippen molar-refractivity contribution in [3.8, 4) is 0 Å². The fourth-order valence-corrected chi connectivity index (χ4v) is 3.55. The summed E-state index contributed by atoms with van der Waals surface area (Å²) in [6.07, 6.45) is 1.49. The van der Waals surface area contributed by atoms with Crippen molar-refractivity contribution < 1.29 is 14.0 Å². The Labute approximate surface area is 151 Å². The van der Waals surface area contributed by atoms with Gasteiger partial charge in [0, 0.05) is 37.1 Å². The van der Waals surface area contributed by atoms with Crippen LogP contribution in [0.25, 0.3) is 10.9 Å². The molecule has 1 N–H and O–H groups in total. The molecular formula is C20H21N3O3. The topological polar surface area (TPSA) is 69.6 Å². The van der Waals surface area contributed by atoms with Crippen molar-refractivity contribution in [2.45, 2.75) is 13.8 Å². The monoisotopic (exact) mass is 351 g/mol. The summed E-state index contributed by atoms with van der Waals surface area (Å²) in [5.74, 6) is 0.188. The summed E-state index contributed by atoms with van der Waals surface area (Å²) in [4.78, 5) is 31.9. The molecular weight excluding hydrogens is 330 g/mol. The number of aromatic nitrogens is 1. The van der Waals surface area contributed by atoms with E-state index < -0.39 is 0 Å². The van der Waals surface area contributed by atoms with Crippen molar-refractivity contribution in [3.05, 3.63) is 59.2 Å². The van der Waals surface area contributed by atoms with Crippen LogP contribution in [0.1, 0.15) is 32.2 Å². The number of carbonyl (C=O) groups is 2. The number of piperazine rings is 1. The van der Waals surface area contributed by atoms with Crippen LogP contribution >= 0.6 is 0 Å². The zero-order valence-corrected chi connectivity index (χ0v) is 14.9. The van der Waals surface area contributed by atoms with Crippen LogP contribution in [0.3, 0.4) is 0 Å². The highest BCUT2D eigenvalue weighted by Gasteiger charge is 2.27. The molecule has 26 heavy (non-hydrogen) atoms. The number of nitrogens with zero attached hydrogens (tertiary/aromatic N) is 2. The Morgan fingerprint density at radius 3 is 2.35 bits per heavy atom. The standard InChI is InChI=1S/C20H21N3O3/c1-13-10-14(2)15-12-17(21-16(15)11-13)19(24)22-5-7-23(8-6-22)20(25)18-4-3-9-26-18/h3-4,9-12,21H,5-8H2,1-2H3. The first kappa shape index (κ1) is 16.4. The summed E-state index contributed by atoms with van der Waals surface area (Å²) in [7, 11) is 0. The third-order valence-corrected chi connectivity index (χ3v) is 4.91. The Balaban J connectivity index is 1.47. The van der Waals surface area contributed by atoms with Crippen LogP contribution in [-0.4, -0.2) is 52.8 Å². The Kier molecular flexibility index (Phi) is 4.03. The molecule has 1 aliphatic heterocycles. The average Bonchev–Trinajstić information content (AvgIpc) is 3.30. The van der Waals surface area contributed by atoms with Crippen LogP contribution in [-0.2, 0) is 0 Å². The number of carbonyl (C=O) groups excluding carboxylic acids is 2. The maximum absolute atomic E-state index is 12.8. The number of furan rings is 1. The molecule has 0 saturated carbocycles. The SMILES string of the molecule is Cc1cc(C)c2cc(C(=O)N3CCN(C(=O)c4ccco4)CC3)[nH]c2c1. The molecule has 0 atom stereocenters. The fourth-order valence-electron chi connectivity index (χ4n) is 3.55. The van der Waals surface area contributed by atoms with Crippen molar-refractivity contribution >= 4 is 22.7 Å². The smallest absolute Gasteiger partial charge is 0.289 e. The van der Waals surface area contributed by atoms with Crippen molar-refractivity contribution in [1.82, 2.24) is 14.8 Å². The highest BCUT2D eigenvalue weighted by atomic mass is 16.3. The number of fused-ring (bicyclic) bond motifs is 1. The van der Waals surface area contributed by atoms with E-state index in [4.69, 9.17) is 4.42 Å². The average molecular weight is 351 g/mol. The summed E-state index contributed by atoms with van der Waals surface area (Å²) in [5, 5.41) is 1.07. The molecule has 3 aromatic rings. The summed E-state index contributed by atoms with van der Waals surface area (Å²) < 4.78 is 5.17. The number of rotatable bonds is 2. The normalized spacial score (nSPS) is 14.8. The molecule has 1 aliphatic rings. The lowest BCUT2D eigenvalue weighted by molar-refractivity contribution is 0.0516. The molecule has 2 amide bonds. The van der Waals surface area contributed by atoms with Crippen LogP contribution in [0.2, 0.25) is 0 Å². The zero-order valence-electron chi connectivity index (χ0n) is 14.9. The van der Waals surface area contributed by atoms with Gasteiger partial charge in [0.15, 0.2) is 5.76 Å². The van der Waals surface area contributed by atoms with Crippen molar-refractivity contribution in [2.24, 2.45) is 0 Å². The van der Waals surface area contributed by atoms with E-state index in [1.165, 1.54) is 11.8 Å². The molecule has 3 heterocycles. The van der Waals surface area contributed by atoms with E-state index >= 15 is 0 Å². The minimum absolute atomic E-state index is 0.0247. The predicted molar refractivity (Wildman–Crippen MR) is 98.3 cm³/mol. The van der Waals surface area contributed by atoms with Gasteiger partial charge in [0.05, 0.1) is 6.26 Å². The zero-order chi connectivity index (χ0) is 18.3. The van der Waals surface area contributed by atoms with Gasteiger partial charge in [0.1, 0.15) is 5.69 Å². The van der Waals surface area contributed by atoms with E-state index in [2.05, 4.69) is 24.0 Å². The van der Waals surface area contributed by atoms with Crippen LogP contribution in [0.15, 0.2) is 41.0 Å². The molecule has 0 unspecified atom stereocenters. The first-order chi connectivity index (χ1) is 12.5. The number of hydrogen-bond donors (Lipinski definition) is 1. The van der Waals surface area contributed by atoms with E-state index in [1.54, 1.807) is 21.9 Å². The predicted octanol–water partition coefficient (Wildman–Crippen LogP) is 2.98. The minimum atomic E-state index is -0.126. The highest BCUT2D eigenvalue weighted by Crippen LogP contribution is 2.22. The largest absolute Gasteiger partial charge is 0.459 e. The van der Waals surface area contributed by atoms with Gasteiger partial charge >= 0.3 is 0 Å². The van der Waals surface area contributed by atoms with Gasteiger partial charge in [0.25, 0.3) is 11.8 Å². The Bertz CT molecular complexity index is 964. The van der Waals surface area contributed by atoms with Gasteiger partial charge in [-0.3, -0.25) is 9.59 Å². The molecule has 134 valence electrons. The Hall–Kier alpha value is -3.02. The second-order valence-corrected chi connectivity index (χ2v) is 6.79.